The summed E-state index contributed by atoms with van der Waals surface area (Å²) in [4.78, 5) is 0. The van der Waals surface area contributed by atoms with E-state index in [0.717, 1.165) is 37.4 Å². The van der Waals surface area contributed by atoms with Gasteiger partial charge in [0.1, 0.15) is 0 Å². The van der Waals surface area contributed by atoms with Crippen molar-refractivity contribution < 1.29 is 8.78 Å². The topological polar surface area (TPSA) is 0 Å². The van der Waals surface area contributed by atoms with Crippen LogP contribution >= 0.6 is 26.3 Å². The van der Waals surface area contributed by atoms with Gasteiger partial charge >= 0.3 is 221 Å². The molecular weight excluding hydrogens is 568 g/mol. The molecule has 5 rings (SSSR count). The van der Waals surface area contributed by atoms with Crippen molar-refractivity contribution in [3.05, 3.63) is 126 Å². The van der Waals surface area contributed by atoms with Crippen molar-refractivity contribution in [1.82, 2.24) is 0 Å². The molecule has 0 nitrogen and oxygen atoms in total. The SMILES string of the molecule is Fc1ccc(C2CCC(CP(I)(c3ccccc3)(c3ccccc3)c3ccccc3)CC2)cc1F. The van der Waals surface area contributed by atoms with Crippen LogP contribution in [0.4, 0.5) is 8.78 Å². The van der Waals surface area contributed by atoms with Crippen LogP contribution in [0.25, 0.3) is 0 Å². The molecule has 1 aliphatic carbocycles. The summed E-state index contributed by atoms with van der Waals surface area (Å²) in [7, 11) is 0. The molecule has 0 heterocycles. The maximum atomic E-state index is 13.9. The van der Waals surface area contributed by atoms with E-state index in [1.807, 2.05) is 0 Å². The van der Waals surface area contributed by atoms with Gasteiger partial charge in [-0.2, -0.15) is 0 Å². The standard InChI is InChI=1S/C31H30F2IP/c32-30-21-20-26(22-31(30)33)25-18-16-24(17-19-25)23-35(34,27-10-4-1-5-11-27,28-12-6-2-7-13-28)29-14-8-3-9-15-29/h1-15,20-22,24-25H,16-19,23H2. The number of rotatable bonds is 6. The van der Waals surface area contributed by atoms with Gasteiger partial charge in [0.05, 0.1) is 0 Å². The van der Waals surface area contributed by atoms with Gasteiger partial charge in [0, 0.05) is 0 Å². The Morgan fingerprint density at radius 1 is 0.600 bits per heavy atom. The molecular formula is C31H30F2IP. The number of hydrogen-bond donors (Lipinski definition) is 0. The minimum absolute atomic E-state index is 0.298. The fourth-order valence-electron chi connectivity index (χ4n) is 5.91. The van der Waals surface area contributed by atoms with Crippen LogP contribution in [0.15, 0.2) is 109 Å². The fraction of sp³-hybridized carbons (Fsp3) is 0.226. The summed E-state index contributed by atoms with van der Waals surface area (Å²) < 4.78 is 24.6. The second-order valence-electron chi connectivity index (χ2n) is 9.76. The Kier molecular flexibility index (Phi) is 7.10. The Balaban J connectivity index is 1.53. The zero-order chi connectivity index (χ0) is 24.3. The van der Waals surface area contributed by atoms with Crippen molar-refractivity contribution in [2.75, 3.05) is 6.16 Å². The second kappa shape index (κ2) is 10.1. The van der Waals surface area contributed by atoms with E-state index < -0.39 is 15.9 Å². The van der Waals surface area contributed by atoms with Crippen LogP contribution in [0.1, 0.15) is 37.2 Å². The van der Waals surface area contributed by atoms with Gasteiger partial charge in [-0.25, -0.2) is 0 Å². The van der Waals surface area contributed by atoms with Crippen molar-refractivity contribution in [2.45, 2.75) is 31.6 Å². The Morgan fingerprint density at radius 3 is 1.49 bits per heavy atom. The van der Waals surface area contributed by atoms with Crippen molar-refractivity contribution in [3.63, 3.8) is 0 Å². The first kappa shape index (κ1) is 24.6. The maximum absolute atomic E-state index is 13.9. The molecule has 1 fully saturated rings. The van der Waals surface area contributed by atoms with Gasteiger partial charge < -0.3 is 0 Å². The predicted octanol–water partition coefficient (Wildman–Crippen LogP) is 8.12. The van der Waals surface area contributed by atoms with E-state index in [9.17, 15) is 8.78 Å². The zero-order valence-electron chi connectivity index (χ0n) is 19.7. The van der Waals surface area contributed by atoms with E-state index in [2.05, 4.69) is 113 Å². The van der Waals surface area contributed by atoms with Gasteiger partial charge in [0.25, 0.3) is 0 Å². The van der Waals surface area contributed by atoms with E-state index in [1.165, 1.54) is 28.0 Å². The minimum atomic E-state index is -2.79. The summed E-state index contributed by atoms with van der Waals surface area (Å²) in [5.74, 6) is -0.643. The van der Waals surface area contributed by atoms with E-state index in [4.69, 9.17) is 0 Å². The molecule has 0 unspecified atom stereocenters. The summed E-state index contributed by atoms with van der Waals surface area (Å²) in [5, 5.41) is 4.25. The molecule has 0 spiro atoms. The first-order valence-electron chi connectivity index (χ1n) is 12.3. The molecule has 4 aromatic rings. The monoisotopic (exact) mass is 598 g/mol. The van der Waals surface area contributed by atoms with Crippen molar-refractivity contribution >= 4 is 42.2 Å². The van der Waals surface area contributed by atoms with Gasteiger partial charge in [-0.05, 0) is 0 Å². The van der Waals surface area contributed by atoms with Gasteiger partial charge in [-0.15, -0.1) is 0 Å². The first-order chi connectivity index (χ1) is 17.0. The predicted molar refractivity (Wildman–Crippen MR) is 155 cm³/mol. The summed E-state index contributed by atoms with van der Waals surface area (Å²) in [6.45, 7) is 0. The molecule has 0 N–H and O–H groups in total. The summed E-state index contributed by atoms with van der Waals surface area (Å²) >= 11 is 2.87. The molecule has 180 valence electrons. The van der Waals surface area contributed by atoms with E-state index in [1.54, 1.807) is 6.07 Å². The Hall–Kier alpha value is -2.10. The fourth-order valence-corrected chi connectivity index (χ4v) is 15.7. The average Bonchev–Trinajstić information content (AvgIpc) is 2.92. The Bertz CT molecular complexity index is 1170. The van der Waals surface area contributed by atoms with Crippen LogP contribution in [-0.2, 0) is 0 Å². The zero-order valence-corrected chi connectivity index (χ0v) is 22.7. The van der Waals surface area contributed by atoms with Crippen LogP contribution in [0.2, 0.25) is 0 Å². The molecule has 4 aromatic carbocycles. The second-order valence-corrected chi connectivity index (χ2v) is 20.4. The third-order valence-electron chi connectivity index (χ3n) is 7.75. The van der Waals surface area contributed by atoms with E-state index in [-0.39, 0.29) is 0 Å². The molecule has 1 aliphatic rings. The number of benzene rings is 4. The molecule has 0 aromatic heterocycles. The number of halogens is 3. The molecule has 0 radical (unpaired) electrons. The van der Waals surface area contributed by atoms with Crippen molar-refractivity contribution in [3.8, 4) is 0 Å². The molecule has 4 heteroatoms. The third kappa shape index (κ3) is 4.58. The van der Waals surface area contributed by atoms with Crippen molar-refractivity contribution in [2.24, 2.45) is 5.92 Å². The quantitative estimate of drug-likeness (QED) is 0.155. The van der Waals surface area contributed by atoms with Crippen LogP contribution in [0.3, 0.4) is 0 Å². The third-order valence-corrected chi connectivity index (χ3v) is 19.3. The molecule has 0 saturated heterocycles. The summed E-state index contributed by atoms with van der Waals surface area (Å²) in [5.41, 5.74) is 0.934. The summed E-state index contributed by atoms with van der Waals surface area (Å²) in [6.07, 6.45) is 5.32. The van der Waals surface area contributed by atoms with Gasteiger partial charge in [0.15, 0.2) is 0 Å². The van der Waals surface area contributed by atoms with Gasteiger partial charge in [-0.3, -0.25) is 0 Å². The van der Waals surface area contributed by atoms with Gasteiger partial charge in [0.2, 0.25) is 0 Å². The Labute approximate surface area is 220 Å². The Morgan fingerprint density at radius 2 is 1.06 bits per heavy atom. The van der Waals surface area contributed by atoms with Crippen molar-refractivity contribution in [1.29, 1.82) is 0 Å². The van der Waals surface area contributed by atoms with Crippen LogP contribution in [0, 0.1) is 17.6 Å². The normalized spacial score (nSPS) is 19.6. The summed E-state index contributed by atoms with van der Waals surface area (Å²) in [6, 6.07) is 37.6. The van der Waals surface area contributed by atoms with Crippen LogP contribution < -0.4 is 15.9 Å². The molecule has 0 aliphatic heterocycles. The number of hydrogen-bond acceptors (Lipinski definition) is 0. The van der Waals surface area contributed by atoms with Gasteiger partial charge in [-0.1, -0.05) is 0 Å². The molecule has 0 amide bonds. The van der Waals surface area contributed by atoms with E-state index >= 15 is 0 Å². The molecule has 0 bridgehead atoms. The average molecular weight is 598 g/mol. The molecule has 1 saturated carbocycles. The molecule has 35 heavy (non-hydrogen) atoms. The first-order valence-corrected chi connectivity index (χ1v) is 17.5. The molecule has 0 atom stereocenters. The van der Waals surface area contributed by atoms with Crippen LogP contribution in [0.5, 0.6) is 0 Å². The van der Waals surface area contributed by atoms with Crippen LogP contribution in [-0.4, -0.2) is 6.16 Å². The van der Waals surface area contributed by atoms with E-state index in [0.29, 0.717) is 11.8 Å².